The van der Waals surface area contributed by atoms with Crippen molar-refractivity contribution in [3.05, 3.63) is 0 Å². The van der Waals surface area contributed by atoms with Crippen LogP contribution in [0.15, 0.2) is 4.99 Å². The smallest absolute Gasteiger partial charge is 0.191 e. The Bertz CT molecular complexity index is 193. The molecule has 0 spiro atoms. The van der Waals surface area contributed by atoms with Crippen LogP contribution in [0.1, 0.15) is 39.5 Å². The van der Waals surface area contributed by atoms with Crippen molar-refractivity contribution in [3.8, 4) is 0 Å². The molecule has 0 saturated heterocycles. The molecule has 3 nitrogen and oxygen atoms in total. The van der Waals surface area contributed by atoms with Crippen LogP contribution in [0.2, 0.25) is 0 Å². The second-order valence-electron chi connectivity index (χ2n) is 4.70. The van der Waals surface area contributed by atoms with Gasteiger partial charge in [0.1, 0.15) is 0 Å². The van der Waals surface area contributed by atoms with Gasteiger partial charge in [0.05, 0.1) is 6.04 Å². The van der Waals surface area contributed by atoms with Gasteiger partial charge in [0.25, 0.3) is 0 Å². The maximum Gasteiger partial charge on any atom is 0.191 e. The van der Waals surface area contributed by atoms with E-state index in [-0.39, 0.29) is 0 Å². The molecule has 3 heteroatoms. The van der Waals surface area contributed by atoms with Gasteiger partial charge < -0.3 is 10.6 Å². The van der Waals surface area contributed by atoms with Crippen LogP contribution in [0.5, 0.6) is 0 Å². The largest absolute Gasteiger partial charge is 0.370 e. The van der Waals surface area contributed by atoms with Crippen LogP contribution in [0, 0.1) is 5.92 Å². The molecule has 2 N–H and O–H groups in total. The molecule has 0 bridgehead atoms. The van der Waals surface area contributed by atoms with E-state index in [1.165, 1.54) is 25.7 Å². The lowest BCUT2D eigenvalue weighted by Gasteiger charge is -2.21. The summed E-state index contributed by atoms with van der Waals surface area (Å²) in [7, 11) is 2.02. The predicted molar refractivity (Wildman–Crippen MR) is 61.3 cm³/mol. The van der Waals surface area contributed by atoms with Gasteiger partial charge in [-0.25, -0.2) is 4.99 Å². The summed E-state index contributed by atoms with van der Waals surface area (Å²) >= 11 is 0. The number of guanidine groups is 1. The summed E-state index contributed by atoms with van der Waals surface area (Å²) in [6.45, 7) is 5.38. The van der Waals surface area contributed by atoms with Crippen LogP contribution >= 0.6 is 0 Å². The van der Waals surface area contributed by atoms with Gasteiger partial charge >= 0.3 is 0 Å². The lowest BCUT2D eigenvalue weighted by atomic mass is 10.2. The Balaban J connectivity index is 2.41. The van der Waals surface area contributed by atoms with Gasteiger partial charge in [0.2, 0.25) is 0 Å². The van der Waals surface area contributed by atoms with E-state index >= 15 is 0 Å². The molecule has 0 aromatic carbocycles. The van der Waals surface area contributed by atoms with E-state index in [4.69, 9.17) is 5.73 Å². The van der Waals surface area contributed by atoms with Crippen LogP contribution in [0.4, 0.5) is 0 Å². The molecule has 0 heterocycles. The van der Waals surface area contributed by atoms with E-state index in [9.17, 15) is 0 Å². The molecule has 14 heavy (non-hydrogen) atoms. The number of aliphatic imine (C=N–C) groups is 1. The molecule has 1 fully saturated rings. The zero-order valence-electron chi connectivity index (χ0n) is 9.66. The molecule has 0 aromatic rings. The first-order chi connectivity index (χ1) is 6.59. The third kappa shape index (κ3) is 3.56. The predicted octanol–water partition coefficient (Wildman–Crippen LogP) is 1.83. The zero-order chi connectivity index (χ0) is 10.6. The Hall–Kier alpha value is -0.730. The Morgan fingerprint density at radius 1 is 1.43 bits per heavy atom. The molecule has 0 atom stereocenters. The lowest BCUT2D eigenvalue weighted by Crippen LogP contribution is -2.37. The standard InChI is InChI=1S/C11H23N3/c1-9(2)8-14(3)11(12)13-10-6-4-5-7-10/h9-10H,4-8H2,1-3H3,(H2,12,13). The van der Waals surface area contributed by atoms with E-state index in [0.717, 1.165) is 6.54 Å². The van der Waals surface area contributed by atoms with Gasteiger partial charge in [-0.15, -0.1) is 0 Å². The first-order valence-electron chi connectivity index (χ1n) is 5.64. The molecular weight excluding hydrogens is 174 g/mol. The third-order valence-corrected chi connectivity index (χ3v) is 2.67. The van der Waals surface area contributed by atoms with Crippen molar-refractivity contribution in [3.63, 3.8) is 0 Å². The highest BCUT2D eigenvalue weighted by molar-refractivity contribution is 5.77. The molecule has 0 radical (unpaired) electrons. The van der Waals surface area contributed by atoms with Gasteiger partial charge in [0, 0.05) is 13.6 Å². The minimum absolute atomic E-state index is 0.490. The zero-order valence-corrected chi connectivity index (χ0v) is 9.66. The quantitative estimate of drug-likeness (QED) is 0.554. The van der Waals surface area contributed by atoms with E-state index in [1.54, 1.807) is 0 Å². The van der Waals surface area contributed by atoms with E-state index in [1.807, 2.05) is 7.05 Å². The summed E-state index contributed by atoms with van der Waals surface area (Å²) < 4.78 is 0. The van der Waals surface area contributed by atoms with Crippen molar-refractivity contribution in [1.29, 1.82) is 0 Å². The summed E-state index contributed by atoms with van der Waals surface area (Å²) in [4.78, 5) is 6.61. The fraction of sp³-hybridized carbons (Fsp3) is 0.909. The topological polar surface area (TPSA) is 41.6 Å². The maximum atomic E-state index is 5.92. The monoisotopic (exact) mass is 197 g/mol. The maximum absolute atomic E-state index is 5.92. The Kier molecular flexibility index (Phi) is 4.23. The summed E-state index contributed by atoms with van der Waals surface area (Å²) in [5, 5.41) is 0. The van der Waals surface area contributed by atoms with Crippen molar-refractivity contribution in [2.24, 2.45) is 16.6 Å². The first-order valence-corrected chi connectivity index (χ1v) is 5.64. The van der Waals surface area contributed by atoms with Crippen LogP contribution in [0.25, 0.3) is 0 Å². The number of rotatable bonds is 3. The summed E-state index contributed by atoms with van der Waals surface area (Å²) in [6.07, 6.45) is 5.07. The highest BCUT2D eigenvalue weighted by Gasteiger charge is 2.15. The number of nitrogens with zero attached hydrogens (tertiary/aromatic N) is 2. The molecule has 0 amide bonds. The molecule has 82 valence electrons. The van der Waals surface area contributed by atoms with Crippen molar-refractivity contribution in [2.75, 3.05) is 13.6 Å². The van der Waals surface area contributed by atoms with Gasteiger partial charge in [-0.2, -0.15) is 0 Å². The summed E-state index contributed by atoms with van der Waals surface area (Å²) in [5.41, 5.74) is 5.92. The van der Waals surface area contributed by atoms with Crippen molar-refractivity contribution in [1.82, 2.24) is 4.90 Å². The first kappa shape index (κ1) is 11.3. The minimum atomic E-state index is 0.490. The summed E-state index contributed by atoms with van der Waals surface area (Å²) in [6, 6.07) is 0.490. The second-order valence-corrected chi connectivity index (χ2v) is 4.70. The molecule has 1 saturated carbocycles. The number of nitrogens with two attached hydrogens (primary N) is 1. The highest BCUT2D eigenvalue weighted by Crippen LogP contribution is 2.20. The average molecular weight is 197 g/mol. The molecule has 0 aliphatic heterocycles. The lowest BCUT2D eigenvalue weighted by molar-refractivity contribution is 0.417. The van der Waals surface area contributed by atoms with Gasteiger partial charge in [0.15, 0.2) is 5.96 Å². The normalized spacial score (nSPS) is 19.3. The van der Waals surface area contributed by atoms with Crippen molar-refractivity contribution in [2.45, 2.75) is 45.6 Å². The molecule has 0 unspecified atom stereocenters. The molecule has 1 aliphatic rings. The third-order valence-electron chi connectivity index (χ3n) is 2.67. The van der Waals surface area contributed by atoms with Gasteiger partial charge in [-0.05, 0) is 18.8 Å². The highest BCUT2D eigenvalue weighted by atomic mass is 15.2. The van der Waals surface area contributed by atoms with Gasteiger partial charge in [-0.1, -0.05) is 26.7 Å². The SMILES string of the molecule is CC(C)CN(C)C(N)=NC1CCCC1. The van der Waals surface area contributed by atoms with Crippen molar-refractivity contribution < 1.29 is 0 Å². The van der Waals surface area contributed by atoms with E-state index in [0.29, 0.717) is 17.9 Å². The minimum Gasteiger partial charge on any atom is -0.370 e. The van der Waals surface area contributed by atoms with E-state index in [2.05, 4.69) is 23.7 Å². The van der Waals surface area contributed by atoms with Gasteiger partial charge in [-0.3, -0.25) is 0 Å². The molecule has 0 aromatic heterocycles. The number of hydrogen-bond acceptors (Lipinski definition) is 1. The fourth-order valence-corrected chi connectivity index (χ4v) is 1.96. The Labute approximate surface area is 87.4 Å². The Morgan fingerprint density at radius 3 is 2.50 bits per heavy atom. The molecule has 1 rings (SSSR count). The molecule has 1 aliphatic carbocycles. The number of hydrogen-bond donors (Lipinski definition) is 1. The molecular formula is C11H23N3. The second kappa shape index (κ2) is 5.23. The van der Waals surface area contributed by atoms with Crippen molar-refractivity contribution >= 4 is 5.96 Å². The summed E-state index contributed by atoms with van der Waals surface area (Å²) in [5.74, 6) is 1.35. The van der Waals surface area contributed by atoms with Crippen LogP contribution in [0.3, 0.4) is 0 Å². The van der Waals surface area contributed by atoms with Crippen LogP contribution in [-0.2, 0) is 0 Å². The fourth-order valence-electron chi connectivity index (χ4n) is 1.96. The Morgan fingerprint density at radius 2 is 2.00 bits per heavy atom. The van der Waals surface area contributed by atoms with E-state index < -0.39 is 0 Å². The van der Waals surface area contributed by atoms with Crippen LogP contribution < -0.4 is 5.73 Å². The average Bonchev–Trinajstić information content (AvgIpc) is 2.55. The van der Waals surface area contributed by atoms with Crippen LogP contribution in [-0.4, -0.2) is 30.5 Å².